The fraction of sp³-hybridized carbons (Fsp3) is 0.706. The highest BCUT2D eigenvalue weighted by Gasteiger charge is 2.25. The fourth-order valence-electron chi connectivity index (χ4n) is 3.28. The van der Waals surface area contributed by atoms with E-state index in [4.69, 9.17) is 0 Å². The predicted octanol–water partition coefficient (Wildman–Crippen LogP) is 3.98. The summed E-state index contributed by atoms with van der Waals surface area (Å²) in [7, 11) is 0. The van der Waals surface area contributed by atoms with Crippen LogP contribution in [0.3, 0.4) is 0 Å². The van der Waals surface area contributed by atoms with E-state index in [0.29, 0.717) is 12.1 Å². The molecule has 1 aliphatic carbocycles. The minimum atomic E-state index is 0.604. The summed E-state index contributed by atoms with van der Waals surface area (Å²) in [5.74, 6) is 1.05. The van der Waals surface area contributed by atoms with Crippen LogP contribution in [0, 0.1) is 0 Å². The van der Waals surface area contributed by atoms with E-state index in [2.05, 4.69) is 40.5 Å². The molecule has 3 heteroatoms. The van der Waals surface area contributed by atoms with Gasteiger partial charge in [0, 0.05) is 18.3 Å². The highest BCUT2D eigenvalue weighted by molar-refractivity contribution is 5.38. The topological polar surface area (TPSA) is 28.2 Å². The number of aromatic nitrogens is 1. The van der Waals surface area contributed by atoms with E-state index < -0.39 is 0 Å². The van der Waals surface area contributed by atoms with Crippen molar-refractivity contribution in [1.82, 2.24) is 9.88 Å². The first-order valence-electron chi connectivity index (χ1n) is 8.33. The van der Waals surface area contributed by atoms with Crippen LogP contribution in [-0.4, -0.2) is 29.0 Å². The summed E-state index contributed by atoms with van der Waals surface area (Å²) in [6.45, 7) is 4.77. The SMILES string of the molecule is CCCCN1CCC[C@H]1c1ccc(NC2CCC2)nc1. The summed E-state index contributed by atoms with van der Waals surface area (Å²) in [5, 5.41) is 3.52. The zero-order valence-electron chi connectivity index (χ0n) is 12.6. The summed E-state index contributed by atoms with van der Waals surface area (Å²) < 4.78 is 0. The van der Waals surface area contributed by atoms with Crippen LogP contribution in [0.15, 0.2) is 18.3 Å². The van der Waals surface area contributed by atoms with Gasteiger partial charge in [0.15, 0.2) is 0 Å². The lowest BCUT2D eigenvalue weighted by Gasteiger charge is -2.27. The van der Waals surface area contributed by atoms with Gasteiger partial charge in [-0.2, -0.15) is 0 Å². The lowest BCUT2D eigenvalue weighted by atomic mass is 9.93. The second-order valence-corrected chi connectivity index (χ2v) is 6.30. The van der Waals surface area contributed by atoms with Crippen molar-refractivity contribution in [2.24, 2.45) is 0 Å². The van der Waals surface area contributed by atoms with E-state index in [9.17, 15) is 0 Å². The lowest BCUT2D eigenvalue weighted by molar-refractivity contribution is 0.253. The van der Waals surface area contributed by atoms with Gasteiger partial charge in [0.25, 0.3) is 0 Å². The molecule has 0 bridgehead atoms. The first-order chi connectivity index (χ1) is 9.86. The van der Waals surface area contributed by atoms with Crippen LogP contribution >= 0.6 is 0 Å². The normalized spacial score (nSPS) is 23.8. The number of rotatable bonds is 6. The van der Waals surface area contributed by atoms with Crippen molar-refractivity contribution in [1.29, 1.82) is 0 Å². The van der Waals surface area contributed by atoms with E-state index >= 15 is 0 Å². The number of likely N-dealkylation sites (tertiary alicyclic amines) is 1. The Morgan fingerprint density at radius 1 is 1.25 bits per heavy atom. The summed E-state index contributed by atoms with van der Waals surface area (Å²) in [6, 6.07) is 5.72. The molecule has 0 amide bonds. The van der Waals surface area contributed by atoms with Gasteiger partial charge in [-0.25, -0.2) is 4.98 Å². The Bertz CT molecular complexity index is 411. The zero-order valence-corrected chi connectivity index (χ0v) is 12.6. The van der Waals surface area contributed by atoms with E-state index in [0.717, 1.165) is 5.82 Å². The van der Waals surface area contributed by atoms with Crippen molar-refractivity contribution >= 4 is 5.82 Å². The molecule has 2 fully saturated rings. The Kier molecular flexibility index (Phi) is 4.56. The fourth-order valence-corrected chi connectivity index (χ4v) is 3.28. The summed E-state index contributed by atoms with van der Waals surface area (Å²) in [4.78, 5) is 7.26. The quantitative estimate of drug-likeness (QED) is 0.849. The average molecular weight is 273 g/mol. The highest BCUT2D eigenvalue weighted by Crippen LogP contribution is 2.32. The minimum Gasteiger partial charge on any atom is -0.367 e. The Labute approximate surface area is 122 Å². The molecule has 1 saturated heterocycles. The van der Waals surface area contributed by atoms with Crippen LogP contribution < -0.4 is 5.32 Å². The van der Waals surface area contributed by atoms with Gasteiger partial charge in [0.2, 0.25) is 0 Å². The number of hydrogen-bond donors (Lipinski definition) is 1. The number of anilines is 1. The number of hydrogen-bond acceptors (Lipinski definition) is 3. The lowest BCUT2D eigenvalue weighted by Crippen LogP contribution is -2.27. The van der Waals surface area contributed by atoms with Gasteiger partial charge in [0.05, 0.1) is 0 Å². The zero-order chi connectivity index (χ0) is 13.8. The van der Waals surface area contributed by atoms with E-state index in [-0.39, 0.29) is 0 Å². The molecule has 3 rings (SSSR count). The van der Waals surface area contributed by atoms with Crippen molar-refractivity contribution < 1.29 is 0 Å². The van der Waals surface area contributed by atoms with E-state index in [1.54, 1.807) is 0 Å². The third-order valence-electron chi connectivity index (χ3n) is 4.79. The molecule has 2 aliphatic rings. The third-order valence-corrected chi connectivity index (χ3v) is 4.79. The monoisotopic (exact) mass is 273 g/mol. The Hall–Kier alpha value is -1.09. The number of nitrogens with one attached hydrogen (secondary N) is 1. The van der Waals surface area contributed by atoms with Crippen LogP contribution in [0.2, 0.25) is 0 Å². The van der Waals surface area contributed by atoms with Crippen molar-refractivity contribution in [2.45, 2.75) is 64.0 Å². The van der Waals surface area contributed by atoms with E-state index in [1.165, 1.54) is 63.6 Å². The summed E-state index contributed by atoms with van der Waals surface area (Å²) in [6.07, 6.45) is 11.3. The van der Waals surface area contributed by atoms with Crippen LogP contribution in [0.4, 0.5) is 5.82 Å². The molecule has 2 heterocycles. The van der Waals surface area contributed by atoms with Crippen LogP contribution in [0.1, 0.15) is 63.5 Å². The standard InChI is InChI=1S/C17H27N3/c1-2-3-11-20-12-5-8-16(20)14-9-10-17(18-13-14)19-15-6-4-7-15/h9-10,13,15-16H,2-8,11-12H2,1H3,(H,18,19)/t16-/m0/s1. The molecule has 1 atom stereocenters. The molecule has 0 aromatic carbocycles. The first-order valence-corrected chi connectivity index (χ1v) is 8.33. The van der Waals surface area contributed by atoms with Crippen LogP contribution in [-0.2, 0) is 0 Å². The van der Waals surface area contributed by atoms with Crippen molar-refractivity contribution in [3.05, 3.63) is 23.9 Å². The molecule has 1 aromatic heterocycles. The highest BCUT2D eigenvalue weighted by atomic mass is 15.2. The maximum absolute atomic E-state index is 4.62. The smallest absolute Gasteiger partial charge is 0.126 e. The Balaban J connectivity index is 1.60. The molecule has 1 aliphatic heterocycles. The van der Waals surface area contributed by atoms with Gasteiger partial charge in [0.1, 0.15) is 5.82 Å². The Morgan fingerprint density at radius 2 is 2.15 bits per heavy atom. The number of pyridine rings is 1. The second kappa shape index (κ2) is 6.57. The molecule has 0 unspecified atom stereocenters. The summed E-state index contributed by atoms with van der Waals surface area (Å²) in [5.41, 5.74) is 1.40. The largest absolute Gasteiger partial charge is 0.367 e. The van der Waals surface area contributed by atoms with Gasteiger partial charge >= 0.3 is 0 Å². The minimum absolute atomic E-state index is 0.604. The van der Waals surface area contributed by atoms with Gasteiger partial charge in [-0.1, -0.05) is 19.4 Å². The maximum Gasteiger partial charge on any atom is 0.126 e. The third kappa shape index (κ3) is 3.14. The molecular weight excluding hydrogens is 246 g/mol. The molecule has 0 radical (unpaired) electrons. The summed E-state index contributed by atoms with van der Waals surface area (Å²) >= 11 is 0. The molecular formula is C17H27N3. The van der Waals surface area contributed by atoms with Gasteiger partial charge in [-0.05, 0) is 63.2 Å². The first kappa shape index (κ1) is 13.9. The van der Waals surface area contributed by atoms with E-state index in [1.807, 2.05) is 0 Å². The van der Waals surface area contributed by atoms with Gasteiger partial charge in [-0.15, -0.1) is 0 Å². The maximum atomic E-state index is 4.62. The predicted molar refractivity (Wildman–Crippen MR) is 84.0 cm³/mol. The second-order valence-electron chi connectivity index (χ2n) is 6.30. The van der Waals surface area contributed by atoms with Crippen molar-refractivity contribution in [3.63, 3.8) is 0 Å². The van der Waals surface area contributed by atoms with Crippen molar-refractivity contribution in [3.8, 4) is 0 Å². The molecule has 1 aromatic rings. The molecule has 3 nitrogen and oxygen atoms in total. The molecule has 1 saturated carbocycles. The number of nitrogens with zero attached hydrogens (tertiary/aromatic N) is 2. The average Bonchev–Trinajstić information content (AvgIpc) is 2.89. The van der Waals surface area contributed by atoms with Crippen LogP contribution in [0.25, 0.3) is 0 Å². The molecule has 0 spiro atoms. The van der Waals surface area contributed by atoms with Gasteiger partial charge in [-0.3, -0.25) is 4.90 Å². The molecule has 110 valence electrons. The molecule has 20 heavy (non-hydrogen) atoms. The number of unbranched alkanes of at least 4 members (excludes halogenated alkanes) is 1. The van der Waals surface area contributed by atoms with Crippen LogP contribution in [0.5, 0.6) is 0 Å². The van der Waals surface area contributed by atoms with Gasteiger partial charge < -0.3 is 5.32 Å². The molecule has 1 N–H and O–H groups in total. The van der Waals surface area contributed by atoms with Crippen molar-refractivity contribution in [2.75, 3.05) is 18.4 Å². The Morgan fingerprint density at radius 3 is 2.80 bits per heavy atom.